The summed E-state index contributed by atoms with van der Waals surface area (Å²) in [6, 6.07) is 5.72. The fraction of sp³-hybridized carbons (Fsp3) is 0. The molecule has 17 heavy (non-hydrogen) atoms. The van der Waals surface area contributed by atoms with E-state index in [0.717, 1.165) is 11.1 Å². The number of hydrogen-bond donors (Lipinski definition) is 1. The van der Waals surface area contributed by atoms with E-state index in [4.69, 9.17) is 5.21 Å². The van der Waals surface area contributed by atoms with Crippen molar-refractivity contribution in [2.45, 2.75) is 0 Å². The van der Waals surface area contributed by atoms with Gasteiger partial charge in [-0.1, -0.05) is 30.4 Å². The fourth-order valence-corrected chi connectivity index (χ4v) is 1.25. The third-order valence-electron chi connectivity index (χ3n) is 1.98. The van der Waals surface area contributed by atoms with Crippen LogP contribution in [0.15, 0.2) is 71.2 Å². The van der Waals surface area contributed by atoms with Crippen molar-refractivity contribution in [1.29, 1.82) is 0 Å². The van der Waals surface area contributed by atoms with Crippen LogP contribution in [0.3, 0.4) is 0 Å². The van der Waals surface area contributed by atoms with Gasteiger partial charge in [-0.15, -0.1) is 5.16 Å². The molecule has 0 radical (unpaired) electrons. The van der Waals surface area contributed by atoms with Crippen molar-refractivity contribution in [3.8, 4) is 0 Å². The van der Waals surface area contributed by atoms with Crippen LogP contribution in [0.1, 0.15) is 0 Å². The minimum absolute atomic E-state index is 0.185. The van der Waals surface area contributed by atoms with Crippen molar-refractivity contribution in [3.05, 3.63) is 66.0 Å². The molecule has 4 nitrogen and oxygen atoms in total. The van der Waals surface area contributed by atoms with Crippen LogP contribution in [0.2, 0.25) is 0 Å². The number of fused-ring (bicyclic) bond motifs is 2. The van der Waals surface area contributed by atoms with Gasteiger partial charge in [0.05, 0.1) is 0 Å². The molecule has 3 rings (SSSR count). The number of carbonyl (C=O) groups excluding carboxylic acids is 1. The van der Waals surface area contributed by atoms with E-state index >= 15 is 0 Å². The summed E-state index contributed by atoms with van der Waals surface area (Å²) in [4.78, 5) is 14.6. The molecule has 0 saturated heterocycles. The highest BCUT2D eigenvalue weighted by Gasteiger charge is 2.19. The van der Waals surface area contributed by atoms with Crippen LogP contribution in [0, 0.1) is 0 Å². The molecule has 86 valence electrons. The molecule has 2 aliphatic carbocycles. The van der Waals surface area contributed by atoms with Crippen LogP contribution in [0.25, 0.3) is 0 Å². The molecule has 1 aromatic rings. The van der Waals surface area contributed by atoms with Crippen molar-refractivity contribution in [2.75, 3.05) is 0 Å². The van der Waals surface area contributed by atoms with Crippen LogP contribution in [0.4, 0.5) is 0 Å². The molecule has 0 unspecified atom stereocenters. The van der Waals surface area contributed by atoms with Gasteiger partial charge in [0, 0.05) is 30.3 Å². The summed E-state index contributed by atoms with van der Waals surface area (Å²) < 4.78 is 0. The summed E-state index contributed by atoms with van der Waals surface area (Å²) in [6.45, 7) is 2.67. The van der Waals surface area contributed by atoms with Crippen molar-refractivity contribution in [1.82, 2.24) is 4.98 Å². The van der Waals surface area contributed by atoms with Gasteiger partial charge in [0.1, 0.15) is 0 Å². The number of Topliss-reactive ketones (excluding diaryl/α,β-unsaturated/α-hetero) is 1. The first-order chi connectivity index (χ1) is 8.29. The van der Waals surface area contributed by atoms with Gasteiger partial charge < -0.3 is 5.21 Å². The SMILES string of the molecule is C=NO.O=C1C2=CC=C1C=C2.c1ccncc1. The van der Waals surface area contributed by atoms with Crippen LogP contribution >= 0.6 is 0 Å². The average Bonchev–Trinajstić information content (AvgIpc) is 2.92. The second-order valence-corrected chi connectivity index (χ2v) is 3.07. The number of aromatic nitrogens is 1. The summed E-state index contributed by atoms with van der Waals surface area (Å²) in [7, 11) is 0. The maximum atomic E-state index is 10.8. The monoisotopic (exact) mass is 228 g/mol. The highest BCUT2D eigenvalue weighted by molar-refractivity contribution is 6.17. The van der Waals surface area contributed by atoms with Gasteiger partial charge in [-0.25, -0.2) is 0 Å². The van der Waals surface area contributed by atoms with Crippen LogP contribution in [-0.2, 0) is 4.79 Å². The minimum atomic E-state index is 0.185. The number of ketones is 1. The largest absolute Gasteiger partial charge is 0.411 e. The lowest BCUT2D eigenvalue weighted by molar-refractivity contribution is -0.111. The zero-order valence-corrected chi connectivity index (χ0v) is 9.15. The molecule has 2 bridgehead atoms. The summed E-state index contributed by atoms with van der Waals surface area (Å²) in [5.41, 5.74) is 1.67. The number of rotatable bonds is 0. The van der Waals surface area contributed by atoms with E-state index in [1.807, 2.05) is 42.5 Å². The van der Waals surface area contributed by atoms with Crippen LogP contribution in [0.5, 0.6) is 0 Å². The fourth-order valence-electron chi connectivity index (χ4n) is 1.25. The Kier molecular flexibility index (Phi) is 5.10. The Morgan fingerprint density at radius 3 is 1.65 bits per heavy atom. The second kappa shape index (κ2) is 6.90. The van der Waals surface area contributed by atoms with E-state index in [2.05, 4.69) is 16.9 Å². The predicted molar refractivity (Wildman–Crippen MR) is 65.9 cm³/mol. The lowest BCUT2D eigenvalue weighted by Crippen LogP contribution is -1.89. The molecule has 0 saturated carbocycles. The Bertz CT molecular complexity index is 423. The highest BCUT2D eigenvalue weighted by Crippen LogP contribution is 2.23. The molecule has 0 fully saturated rings. The summed E-state index contributed by atoms with van der Waals surface area (Å²) in [5.74, 6) is 0.185. The van der Waals surface area contributed by atoms with Crippen molar-refractivity contribution < 1.29 is 10.0 Å². The molecule has 0 aliphatic heterocycles. The second-order valence-electron chi connectivity index (χ2n) is 3.07. The first-order valence-electron chi connectivity index (χ1n) is 4.89. The molecule has 0 spiro atoms. The van der Waals surface area contributed by atoms with Gasteiger partial charge >= 0.3 is 0 Å². The molecule has 0 amide bonds. The van der Waals surface area contributed by atoms with E-state index in [0.29, 0.717) is 0 Å². The smallest absolute Gasteiger partial charge is 0.193 e. The molecule has 0 aromatic carbocycles. The Morgan fingerprint density at radius 1 is 1.06 bits per heavy atom. The number of carbonyl (C=O) groups is 1. The number of allylic oxidation sites excluding steroid dienone is 6. The Morgan fingerprint density at radius 2 is 1.53 bits per heavy atom. The summed E-state index contributed by atoms with van der Waals surface area (Å²) in [5, 5.41) is 9.33. The van der Waals surface area contributed by atoms with Gasteiger partial charge in [0.2, 0.25) is 0 Å². The topological polar surface area (TPSA) is 62.6 Å². The number of pyridine rings is 1. The first kappa shape index (κ1) is 12.6. The van der Waals surface area contributed by atoms with Gasteiger partial charge in [0.25, 0.3) is 0 Å². The zero-order chi connectivity index (χ0) is 12.5. The van der Waals surface area contributed by atoms with Crippen LogP contribution in [-0.4, -0.2) is 22.7 Å². The lowest BCUT2D eigenvalue weighted by Gasteiger charge is -1.78. The quantitative estimate of drug-likeness (QED) is 0.420. The highest BCUT2D eigenvalue weighted by atomic mass is 16.4. The van der Waals surface area contributed by atoms with E-state index in [1.54, 1.807) is 12.4 Å². The molecule has 1 N–H and O–H groups in total. The Balaban J connectivity index is 0.000000144. The van der Waals surface area contributed by atoms with E-state index in [1.165, 1.54) is 0 Å². The standard InChI is InChI=1S/C7H4O.C5H5N.CH3NO/c8-7-5-1-2-6(7)4-3-5;1-2-4-6-5-3-1;1-2-3/h1-4H;1-5H;3H,1H2. The van der Waals surface area contributed by atoms with Crippen LogP contribution < -0.4 is 0 Å². The number of hydrogen-bond acceptors (Lipinski definition) is 4. The molecular weight excluding hydrogens is 216 g/mol. The molecule has 4 heteroatoms. The number of oxime groups is 1. The van der Waals surface area contributed by atoms with Gasteiger partial charge in [-0.3, -0.25) is 9.78 Å². The average molecular weight is 228 g/mol. The maximum Gasteiger partial charge on any atom is 0.193 e. The molecular formula is C13H12N2O2. The van der Waals surface area contributed by atoms with E-state index in [-0.39, 0.29) is 5.78 Å². The third kappa shape index (κ3) is 3.87. The van der Waals surface area contributed by atoms with Crippen molar-refractivity contribution >= 4 is 12.5 Å². The third-order valence-corrected chi connectivity index (χ3v) is 1.98. The molecule has 1 heterocycles. The normalized spacial score (nSPS) is 13.8. The van der Waals surface area contributed by atoms with Gasteiger partial charge in [0.15, 0.2) is 5.78 Å². The maximum absolute atomic E-state index is 10.8. The van der Waals surface area contributed by atoms with Crippen molar-refractivity contribution in [2.24, 2.45) is 5.16 Å². The zero-order valence-electron chi connectivity index (χ0n) is 9.15. The minimum Gasteiger partial charge on any atom is -0.411 e. The molecule has 2 aliphatic rings. The summed E-state index contributed by atoms with van der Waals surface area (Å²) in [6.07, 6.45) is 10.9. The van der Waals surface area contributed by atoms with Crippen molar-refractivity contribution in [3.63, 3.8) is 0 Å². The Labute approximate surface area is 99.3 Å². The van der Waals surface area contributed by atoms with Gasteiger partial charge in [-0.05, 0) is 12.1 Å². The van der Waals surface area contributed by atoms with E-state index in [9.17, 15) is 4.79 Å². The predicted octanol–water partition coefficient (Wildman–Crippen LogP) is 2.15. The lowest BCUT2D eigenvalue weighted by atomic mass is 10.2. The summed E-state index contributed by atoms with van der Waals surface area (Å²) >= 11 is 0. The van der Waals surface area contributed by atoms with E-state index < -0.39 is 0 Å². The number of nitrogens with zero attached hydrogens (tertiary/aromatic N) is 2. The first-order valence-corrected chi connectivity index (χ1v) is 4.89. The molecule has 1 aromatic heterocycles. The van der Waals surface area contributed by atoms with Gasteiger partial charge in [-0.2, -0.15) is 0 Å². The molecule has 0 atom stereocenters. The Hall–Kier alpha value is -2.49.